The van der Waals surface area contributed by atoms with Gasteiger partial charge in [-0.3, -0.25) is 4.79 Å². The maximum atomic E-state index is 11.8. The molecule has 0 radical (unpaired) electrons. The summed E-state index contributed by atoms with van der Waals surface area (Å²) in [5, 5.41) is 0. The highest BCUT2D eigenvalue weighted by molar-refractivity contribution is 5.76. The summed E-state index contributed by atoms with van der Waals surface area (Å²) in [6.45, 7) is 8.84. The summed E-state index contributed by atoms with van der Waals surface area (Å²) >= 11 is 0. The third kappa shape index (κ3) is 1.58. The van der Waals surface area contributed by atoms with Crippen LogP contribution in [0, 0.1) is 29.6 Å². The van der Waals surface area contributed by atoms with Crippen LogP contribution in [0.4, 0.5) is 0 Å². The Morgan fingerprint density at radius 2 is 2.13 bits per heavy atom. The van der Waals surface area contributed by atoms with E-state index in [1.165, 1.54) is 12.8 Å². The van der Waals surface area contributed by atoms with Gasteiger partial charge in [0, 0.05) is 5.92 Å². The second kappa shape index (κ2) is 3.80. The van der Waals surface area contributed by atoms with Crippen molar-refractivity contribution in [1.29, 1.82) is 0 Å². The van der Waals surface area contributed by atoms with Crippen molar-refractivity contribution in [3.63, 3.8) is 0 Å². The number of fused-ring (bicyclic) bond motifs is 1. The first kappa shape index (κ1) is 11.0. The highest BCUT2D eigenvalue weighted by atomic mass is 16.6. The molecule has 2 aliphatic rings. The van der Waals surface area contributed by atoms with Crippen molar-refractivity contribution < 1.29 is 9.53 Å². The predicted molar refractivity (Wildman–Crippen MR) is 59.3 cm³/mol. The van der Waals surface area contributed by atoms with Gasteiger partial charge in [0.1, 0.15) is 6.10 Å². The summed E-state index contributed by atoms with van der Waals surface area (Å²) in [7, 11) is 0. The average Bonchev–Trinajstić information content (AvgIpc) is 2.65. The number of rotatable bonds is 2. The topological polar surface area (TPSA) is 26.3 Å². The van der Waals surface area contributed by atoms with Crippen LogP contribution in [0.15, 0.2) is 0 Å². The van der Waals surface area contributed by atoms with Crippen molar-refractivity contribution in [3.05, 3.63) is 0 Å². The Hall–Kier alpha value is -0.530. The molecule has 15 heavy (non-hydrogen) atoms. The molecule has 2 fully saturated rings. The standard InChI is InChI=1S/C13H22O2/c1-5-7(2)11-8(3)6-10-9(4)15-13(14)12(10)11/h7-12H,5-6H2,1-4H3. The van der Waals surface area contributed by atoms with Crippen LogP contribution in [0.2, 0.25) is 0 Å². The lowest BCUT2D eigenvalue weighted by Gasteiger charge is -2.25. The van der Waals surface area contributed by atoms with E-state index >= 15 is 0 Å². The minimum Gasteiger partial charge on any atom is -0.462 e. The molecule has 0 bridgehead atoms. The van der Waals surface area contributed by atoms with Crippen LogP contribution in [0.3, 0.4) is 0 Å². The van der Waals surface area contributed by atoms with Crippen LogP contribution < -0.4 is 0 Å². The number of hydrogen-bond acceptors (Lipinski definition) is 2. The fourth-order valence-electron chi connectivity index (χ4n) is 3.72. The molecule has 0 spiro atoms. The first-order valence-electron chi connectivity index (χ1n) is 6.26. The molecule has 0 N–H and O–H groups in total. The monoisotopic (exact) mass is 210 g/mol. The molecule has 2 rings (SSSR count). The number of hydrogen-bond donors (Lipinski definition) is 0. The molecule has 6 unspecified atom stereocenters. The summed E-state index contributed by atoms with van der Waals surface area (Å²) in [6.07, 6.45) is 2.49. The van der Waals surface area contributed by atoms with Gasteiger partial charge in [-0.25, -0.2) is 0 Å². The van der Waals surface area contributed by atoms with Gasteiger partial charge in [-0.1, -0.05) is 27.2 Å². The van der Waals surface area contributed by atoms with Crippen LogP contribution in [0.1, 0.15) is 40.5 Å². The number of carbonyl (C=O) groups excluding carboxylic acids is 1. The van der Waals surface area contributed by atoms with Gasteiger partial charge < -0.3 is 4.74 Å². The summed E-state index contributed by atoms with van der Waals surface area (Å²) in [5.74, 6) is 2.65. The Morgan fingerprint density at radius 1 is 1.47 bits per heavy atom. The first-order valence-corrected chi connectivity index (χ1v) is 6.26. The SMILES string of the molecule is CCC(C)C1C(C)CC2C(C)OC(=O)C21. The van der Waals surface area contributed by atoms with Gasteiger partial charge in [-0.05, 0) is 31.1 Å². The van der Waals surface area contributed by atoms with Crippen LogP contribution >= 0.6 is 0 Å². The lowest BCUT2D eigenvalue weighted by atomic mass is 9.78. The van der Waals surface area contributed by atoms with Gasteiger partial charge in [0.25, 0.3) is 0 Å². The Balaban J connectivity index is 2.21. The van der Waals surface area contributed by atoms with E-state index in [9.17, 15) is 4.79 Å². The van der Waals surface area contributed by atoms with E-state index < -0.39 is 0 Å². The Morgan fingerprint density at radius 3 is 2.73 bits per heavy atom. The second-order valence-electron chi connectivity index (χ2n) is 5.51. The zero-order chi connectivity index (χ0) is 11.2. The predicted octanol–water partition coefficient (Wildman–Crippen LogP) is 2.87. The van der Waals surface area contributed by atoms with E-state index in [0.29, 0.717) is 23.7 Å². The van der Waals surface area contributed by atoms with Crippen LogP contribution in [-0.4, -0.2) is 12.1 Å². The average molecular weight is 210 g/mol. The van der Waals surface area contributed by atoms with E-state index in [4.69, 9.17) is 4.74 Å². The van der Waals surface area contributed by atoms with Crippen LogP contribution in [-0.2, 0) is 9.53 Å². The number of esters is 1. The summed E-state index contributed by atoms with van der Waals surface area (Å²) < 4.78 is 5.36. The lowest BCUT2D eigenvalue weighted by molar-refractivity contribution is -0.146. The Bertz CT molecular complexity index is 261. The van der Waals surface area contributed by atoms with E-state index in [1.807, 2.05) is 6.92 Å². The summed E-state index contributed by atoms with van der Waals surface area (Å²) in [5.41, 5.74) is 0. The smallest absolute Gasteiger partial charge is 0.309 e. The van der Waals surface area contributed by atoms with Gasteiger partial charge in [0.05, 0.1) is 5.92 Å². The molecule has 2 nitrogen and oxygen atoms in total. The molecule has 0 amide bonds. The van der Waals surface area contributed by atoms with Crippen molar-refractivity contribution in [2.75, 3.05) is 0 Å². The minimum atomic E-state index is 0.0714. The van der Waals surface area contributed by atoms with Gasteiger partial charge in [0.15, 0.2) is 0 Å². The molecule has 0 aromatic carbocycles. The molecule has 1 saturated heterocycles. The lowest BCUT2D eigenvalue weighted by Crippen LogP contribution is -2.26. The van der Waals surface area contributed by atoms with E-state index in [1.54, 1.807) is 0 Å². The van der Waals surface area contributed by atoms with E-state index in [2.05, 4.69) is 20.8 Å². The molecule has 6 atom stereocenters. The van der Waals surface area contributed by atoms with Crippen LogP contribution in [0.5, 0.6) is 0 Å². The molecule has 1 aliphatic carbocycles. The minimum absolute atomic E-state index is 0.0714. The quantitative estimate of drug-likeness (QED) is 0.655. The van der Waals surface area contributed by atoms with Crippen molar-refractivity contribution >= 4 is 5.97 Å². The van der Waals surface area contributed by atoms with Crippen molar-refractivity contribution in [2.45, 2.75) is 46.6 Å². The summed E-state index contributed by atoms with van der Waals surface area (Å²) in [4.78, 5) is 11.8. The van der Waals surface area contributed by atoms with E-state index in [0.717, 1.165) is 0 Å². The van der Waals surface area contributed by atoms with Crippen molar-refractivity contribution in [3.8, 4) is 0 Å². The molecule has 0 aromatic heterocycles. The normalized spacial score (nSPS) is 46.4. The highest BCUT2D eigenvalue weighted by Crippen LogP contribution is 2.51. The zero-order valence-corrected chi connectivity index (χ0v) is 10.2. The highest BCUT2D eigenvalue weighted by Gasteiger charge is 2.54. The Kier molecular flexibility index (Phi) is 2.78. The third-order valence-electron chi connectivity index (χ3n) is 4.66. The van der Waals surface area contributed by atoms with Crippen molar-refractivity contribution in [2.24, 2.45) is 29.6 Å². The third-order valence-corrected chi connectivity index (χ3v) is 4.66. The van der Waals surface area contributed by atoms with Crippen molar-refractivity contribution in [1.82, 2.24) is 0 Å². The number of ether oxygens (including phenoxy) is 1. The van der Waals surface area contributed by atoms with Gasteiger partial charge in [0.2, 0.25) is 0 Å². The maximum Gasteiger partial charge on any atom is 0.309 e. The van der Waals surface area contributed by atoms with Gasteiger partial charge in [-0.2, -0.15) is 0 Å². The molecule has 0 aromatic rings. The van der Waals surface area contributed by atoms with Crippen LogP contribution in [0.25, 0.3) is 0 Å². The molecule has 1 heterocycles. The Labute approximate surface area is 92.4 Å². The molecule has 86 valence electrons. The first-order chi connectivity index (χ1) is 7.06. The van der Waals surface area contributed by atoms with E-state index in [-0.39, 0.29) is 18.0 Å². The largest absolute Gasteiger partial charge is 0.462 e. The maximum absolute atomic E-state index is 11.8. The molecular formula is C13H22O2. The zero-order valence-electron chi connectivity index (χ0n) is 10.2. The number of carbonyl (C=O) groups is 1. The molecule has 1 aliphatic heterocycles. The molecule has 2 heteroatoms. The number of cyclic esters (lactones) is 1. The fourth-order valence-corrected chi connectivity index (χ4v) is 3.72. The molecule has 1 saturated carbocycles. The fraction of sp³-hybridized carbons (Fsp3) is 0.923. The summed E-state index contributed by atoms with van der Waals surface area (Å²) in [6, 6.07) is 0. The molecular weight excluding hydrogens is 188 g/mol. The second-order valence-corrected chi connectivity index (χ2v) is 5.51. The van der Waals surface area contributed by atoms with Gasteiger partial charge >= 0.3 is 5.97 Å². The van der Waals surface area contributed by atoms with Gasteiger partial charge in [-0.15, -0.1) is 0 Å².